The summed E-state index contributed by atoms with van der Waals surface area (Å²) in [5, 5.41) is 10.8. The Labute approximate surface area is 196 Å². The summed E-state index contributed by atoms with van der Waals surface area (Å²) >= 11 is 6.64. The minimum Gasteiger partial charge on any atom is -0.497 e. The molecule has 5 rings (SSSR count). The van der Waals surface area contributed by atoms with Gasteiger partial charge in [0.05, 0.1) is 29.2 Å². The van der Waals surface area contributed by atoms with Gasteiger partial charge in [0.2, 0.25) is 0 Å². The first-order chi connectivity index (χ1) is 15.9. The number of halogens is 2. The molecule has 6 nitrogen and oxygen atoms in total. The van der Waals surface area contributed by atoms with Crippen molar-refractivity contribution >= 4 is 34.2 Å². The van der Waals surface area contributed by atoms with Crippen LogP contribution in [0.3, 0.4) is 0 Å². The summed E-state index contributed by atoms with van der Waals surface area (Å²) in [6.45, 7) is 4.10. The highest BCUT2D eigenvalue weighted by Gasteiger charge is 2.42. The van der Waals surface area contributed by atoms with Gasteiger partial charge >= 0.3 is 0 Å². The first-order valence-electron chi connectivity index (χ1n) is 11.0. The van der Waals surface area contributed by atoms with Crippen LogP contribution in [-0.4, -0.2) is 13.0 Å². The van der Waals surface area contributed by atoms with Crippen LogP contribution in [0.1, 0.15) is 53.8 Å². The standard InChI is InChI=1S/C25H25ClFN3O3/c1-14-29-22-18(26)10-16-11-20(24(31)28-13-15-6-7-17(32-2)12-19(15)27)33-23(16)21(22)25(30-14)8-4-3-5-9-25/h6-7,10-12,29-30H,1,3-5,8-9,13H2,2H3,(H,28,31). The fourth-order valence-electron chi connectivity index (χ4n) is 4.96. The third kappa shape index (κ3) is 3.80. The van der Waals surface area contributed by atoms with Crippen molar-refractivity contribution in [3.05, 3.63) is 70.5 Å². The molecule has 1 fully saturated rings. The van der Waals surface area contributed by atoms with Crippen molar-refractivity contribution < 1.29 is 18.3 Å². The zero-order chi connectivity index (χ0) is 23.2. The van der Waals surface area contributed by atoms with Crippen LogP contribution >= 0.6 is 11.6 Å². The molecule has 0 radical (unpaired) electrons. The van der Waals surface area contributed by atoms with Gasteiger partial charge in [0, 0.05) is 29.1 Å². The second-order valence-corrected chi connectivity index (χ2v) is 9.06. The highest BCUT2D eigenvalue weighted by atomic mass is 35.5. The van der Waals surface area contributed by atoms with Crippen LogP contribution < -0.4 is 20.7 Å². The molecule has 2 aromatic carbocycles. The SMILES string of the molecule is C=C1Nc2c(Cl)cc3cc(C(=O)NCc4ccc(OC)cc4F)oc3c2C2(CCCCC2)N1. The van der Waals surface area contributed by atoms with Crippen molar-refractivity contribution in [2.24, 2.45) is 0 Å². The van der Waals surface area contributed by atoms with Gasteiger partial charge in [0.25, 0.3) is 5.91 Å². The van der Waals surface area contributed by atoms with Crippen LogP contribution in [-0.2, 0) is 12.1 Å². The summed E-state index contributed by atoms with van der Waals surface area (Å²) < 4.78 is 25.4. The summed E-state index contributed by atoms with van der Waals surface area (Å²) in [5.41, 5.74) is 2.36. The second kappa shape index (κ2) is 8.30. The third-order valence-electron chi connectivity index (χ3n) is 6.53. The number of rotatable bonds is 4. The Balaban J connectivity index is 1.48. The van der Waals surface area contributed by atoms with Crippen molar-refractivity contribution in [3.63, 3.8) is 0 Å². The number of fused-ring (bicyclic) bond motifs is 4. The maximum absolute atomic E-state index is 14.2. The molecule has 1 saturated carbocycles. The summed E-state index contributed by atoms with van der Waals surface area (Å²) in [5.74, 6) is 0.403. The average molecular weight is 470 g/mol. The first kappa shape index (κ1) is 21.6. The molecular formula is C25H25ClFN3O3. The lowest BCUT2D eigenvalue weighted by Crippen LogP contribution is -2.48. The number of carbonyl (C=O) groups is 1. The molecule has 0 bridgehead atoms. The Morgan fingerprint density at radius 1 is 1.27 bits per heavy atom. The van der Waals surface area contributed by atoms with Gasteiger partial charge in [-0.1, -0.05) is 43.5 Å². The Morgan fingerprint density at radius 2 is 2.06 bits per heavy atom. The molecule has 0 saturated heterocycles. The van der Waals surface area contributed by atoms with E-state index in [9.17, 15) is 9.18 Å². The number of nitrogens with one attached hydrogen (secondary N) is 3. The molecule has 0 unspecified atom stereocenters. The number of benzene rings is 2. The van der Waals surface area contributed by atoms with E-state index in [0.29, 0.717) is 27.7 Å². The van der Waals surface area contributed by atoms with Gasteiger partial charge in [0.15, 0.2) is 5.76 Å². The quantitative estimate of drug-likeness (QED) is 0.449. The van der Waals surface area contributed by atoms with Crippen LogP contribution in [0.5, 0.6) is 5.75 Å². The van der Waals surface area contributed by atoms with Gasteiger partial charge < -0.3 is 25.1 Å². The smallest absolute Gasteiger partial charge is 0.287 e. The summed E-state index contributed by atoms with van der Waals surface area (Å²) in [6.07, 6.45) is 5.19. The largest absolute Gasteiger partial charge is 0.497 e. The molecule has 0 atom stereocenters. The molecule has 1 spiro atoms. The predicted octanol–water partition coefficient (Wildman–Crippen LogP) is 5.81. The zero-order valence-electron chi connectivity index (χ0n) is 18.3. The van der Waals surface area contributed by atoms with E-state index < -0.39 is 11.7 Å². The average Bonchev–Trinajstić information content (AvgIpc) is 3.22. The van der Waals surface area contributed by atoms with Crippen molar-refractivity contribution in [3.8, 4) is 5.75 Å². The van der Waals surface area contributed by atoms with Crippen LogP contribution in [0.2, 0.25) is 5.02 Å². The minimum absolute atomic E-state index is 0.0252. The highest BCUT2D eigenvalue weighted by molar-refractivity contribution is 6.34. The number of methoxy groups -OCH3 is 1. The molecule has 3 aromatic rings. The van der Waals surface area contributed by atoms with Crippen LogP contribution in [0.15, 0.2) is 47.1 Å². The van der Waals surface area contributed by atoms with Gasteiger partial charge in [-0.2, -0.15) is 0 Å². The topological polar surface area (TPSA) is 75.5 Å². The number of carbonyl (C=O) groups excluding carboxylic acids is 1. The maximum atomic E-state index is 14.2. The Morgan fingerprint density at radius 3 is 2.79 bits per heavy atom. The molecule has 1 aliphatic heterocycles. The summed E-state index contributed by atoms with van der Waals surface area (Å²) in [6, 6.07) is 7.99. The lowest BCUT2D eigenvalue weighted by Gasteiger charge is -2.44. The molecule has 2 heterocycles. The normalized spacial score (nSPS) is 16.8. The third-order valence-corrected chi connectivity index (χ3v) is 6.83. The fourth-order valence-corrected chi connectivity index (χ4v) is 5.22. The van der Waals surface area contributed by atoms with Gasteiger partial charge in [-0.05, 0) is 31.0 Å². The van der Waals surface area contributed by atoms with E-state index in [2.05, 4.69) is 22.5 Å². The molecule has 33 heavy (non-hydrogen) atoms. The number of furan rings is 1. The second-order valence-electron chi connectivity index (χ2n) is 8.65. The van der Waals surface area contributed by atoms with Crippen LogP contribution in [0, 0.1) is 5.82 Å². The van der Waals surface area contributed by atoms with E-state index in [1.54, 1.807) is 24.3 Å². The summed E-state index contributed by atoms with van der Waals surface area (Å²) in [4.78, 5) is 12.9. The number of amides is 1. The lowest BCUT2D eigenvalue weighted by molar-refractivity contribution is 0.0924. The monoisotopic (exact) mass is 469 g/mol. The van der Waals surface area contributed by atoms with Gasteiger partial charge in [-0.15, -0.1) is 0 Å². The molecule has 172 valence electrons. The van der Waals surface area contributed by atoms with Crippen LogP contribution in [0.4, 0.5) is 10.1 Å². The number of hydrogen-bond acceptors (Lipinski definition) is 5. The van der Waals surface area contributed by atoms with Crippen molar-refractivity contribution in [1.82, 2.24) is 10.6 Å². The first-order valence-corrected chi connectivity index (χ1v) is 11.4. The fraction of sp³-hybridized carbons (Fsp3) is 0.320. The van der Waals surface area contributed by atoms with E-state index in [1.807, 2.05) is 0 Å². The Bertz CT molecular complexity index is 1260. The van der Waals surface area contributed by atoms with E-state index >= 15 is 0 Å². The zero-order valence-corrected chi connectivity index (χ0v) is 19.1. The van der Waals surface area contributed by atoms with E-state index in [0.717, 1.165) is 42.3 Å². The molecule has 1 aromatic heterocycles. The Kier molecular flexibility index (Phi) is 5.44. The van der Waals surface area contributed by atoms with Crippen molar-refractivity contribution in [1.29, 1.82) is 0 Å². The number of hydrogen-bond donors (Lipinski definition) is 3. The van der Waals surface area contributed by atoms with Crippen molar-refractivity contribution in [2.75, 3.05) is 12.4 Å². The molecule has 1 amide bonds. The van der Waals surface area contributed by atoms with E-state index in [4.69, 9.17) is 20.8 Å². The van der Waals surface area contributed by atoms with Gasteiger partial charge in [0.1, 0.15) is 17.1 Å². The van der Waals surface area contributed by atoms with Gasteiger partial charge in [-0.25, -0.2) is 4.39 Å². The molecule has 3 N–H and O–H groups in total. The van der Waals surface area contributed by atoms with E-state index in [1.165, 1.54) is 19.6 Å². The summed E-state index contributed by atoms with van der Waals surface area (Å²) in [7, 11) is 1.47. The Hall–Kier alpha value is -3.19. The van der Waals surface area contributed by atoms with E-state index in [-0.39, 0.29) is 17.8 Å². The number of ether oxygens (including phenoxy) is 1. The molecule has 1 aliphatic carbocycles. The minimum atomic E-state index is -0.447. The molecule has 8 heteroatoms. The highest BCUT2D eigenvalue weighted by Crippen LogP contribution is 2.49. The number of anilines is 1. The molecule has 2 aliphatic rings. The maximum Gasteiger partial charge on any atom is 0.287 e. The predicted molar refractivity (Wildman–Crippen MR) is 126 cm³/mol. The van der Waals surface area contributed by atoms with Crippen molar-refractivity contribution in [2.45, 2.75) is 44.2 Å². The van der Waals surface area contributed by atoms with Crippen LogP contribution in [0.25, 0.3) is 11.0 Å². The molecular weight excluding hydrogens is 445 g/mol. The van der Waals surface area contributed by atoms with Gasteiger partial charge in [-0.3, -0.25) is 4.79 Å². The lowest BCUT2D eigenvalue weighted by atomic mass is 9.74.